The van der Waals surface area contributed by atoms with E-state index in [1.54, 1.807) is 0 Å². The molecule has 1 nitrogen and oxygen atoms in total. The third-order valence-corrected chi connectivity index (χ3v) is 5.36. The third-order valence-electron chi connectivity index (χ3n) is 4.13. The van der Waals surface area contributed by atoms with E-state index in [1.165, 1.54) is 37.9 Å². The second kappa shape index (κ2) is 4.74. The van der Waals surface area contributed by atoms with Crippen LogP contribution in [0.2, 0.25) is 0 Å². The largest absolute Gasteiger partial charge is 0.489 e. The van der Waals surface area contributed by atoms with Crippen LogP contribution in [0.25, 0.3) is 15.7 Å². The van der Waals surface area contributed by atoms with Crippen molar-refractivity contribution in [1.29, 1.82) is 0 Å². The standard InChI is InChI=1S/C19H16OS/c1-12-11-21-19-13(2)18-17(10-16(12)19)15(8-9-20-18)14-6-4-3-5-7-14/h3-8,10-11H,9H2,1-2H3. The highest BCUT2D eigenvalue weighted by Crippen LogP contribution is 2.42. The average Bonchev–Trinajstić information content (AvgIpc) is 2.90. The number of aryl methyl sites for hydroxylation is 2. The molecule has 2 aromatic carbocycles. The molecule has 2 heteroatoms. The van der Waals surface area contributed by atoms with Gasteiger partial charge in [0.2, 0.25) is 0 Å². The molecule has 0 bridgehead atoms. The summed E-state index contributed by atoms with van der Waals surface area (Å²) in [5.41, 5.74) is 6.38. The first-order valence-corrected chi connectivity index (χ1v) is 8.04. The van der Waals surface area contributed by atoms with Crippen molar-refractivity contribution in [1.82, 2.24) is 0 Å². The third kappa shape index (κ3) is 1.90. The van der Waals surface area contributed by atoms with Crippen LogP contribution in [0.3, 0.4) is 0 Å². The van der Waals surface area contributed by atoms with Gasteiger partial charge in [-0.15, -0.1) is 11.3 Å². The quantitative estimate of drug-likeness (QED) is 0.588. The van der Waals surface area contributed by atoms with Gasteiger partial charge in [-0.25, -0.2) is 0 Å². The summed E-state index contributed by atoms with van der Waals surface area (Å²) in [6.07, 6.45) is 2.19. The Kier molecular flexibility index (Phi) is 2.86. The molecular formula is C19H16OS. The molecule has 2 heterocycles. The second-order valence-corrected chi connectivity index (χ2v) is 6.35. The molecule has 0 aliphatic carbocycles. The molecule has 104 valence electrons. The molecule has 0 atom stereocenters. The first-order valence-electron chi connectivity index (χ1n) is 7.16. The highest BCUT2D eigenvalue weighted by Gasteiger charge is 2.20. The molecule has 0 amide bonds. The first-order chi connectivity index (χ1) is 10.3. The number of hydrogen-bond acceptors (Lipinski definition) is 2. The minimum atomic E-state index is 0.647. The van der Waals surface area contributed by atoms with Crippen molar-refractivity contribution in [2.45, 2.75) is 13.8 Å². The van der Waals surface area contributed by atoms with E-state index >= 15 is 0 Å². The molecule has 0 saturated carbocycles. The zero-order valence-corrected chi connectivity index (χ0v) is 13.0. The van der Waals surface area contributed by atoms with Gasteiger partial charge in [0, 0.05) is 15.8 Å². The summed E-state index contributed by atoms with van der Waals surface area (Å²) in [5, 5.41) is 3.58. The number of thiophene rings is 1. The van der Waals surface area contributed by atoms with Gasteiger partial charge in [0.25, 0.3) is 0 Å². The SMILES string of the molecule is Cc1csc2c(C)c3c(cc12)C(c1ccccc1)=CCO3. The van der Waals surface area contributed by atoms with E-state index in [2.05, 4.69) is 61.7 Å². The normalized spacial score (nSPS) is 13.7. The molecule has 0 unspecified atom stereocenters. The zero-order chi connectivity index (χ0) is 14.4. The summed E-state index contributed by atoms with van der Waals surface area (Å²) in [6.45, 7) is 5.00. The maximum absolute atomic E-state index is 5.95. The Balaban J connectivity index is 2.01. The van der Waals surface area contributed by atoms with Crippen LogP contribution in [0.1, 0.15) is 22.3 Å². The Morgan fingerprint density at radius 2 is 1.90 bits per heavy atom. The summed E-state index contributed by atoms with van der Waals surface area (Å²) >= 11 is 1.81. The van der Waals surface area contributed by atoms with Gasteiger partial charge in [-0.2, -0.15) is 0 Å². The van der Waals surface area contributed by atoms with Gasteiger partial charge in [0.05, 0.1) is 0 Å². The fourth-order valence-electron chi connectivity index (χ4n) is 3.03. The molecule has 1 aliphatic heterocycles. The van der Waals surface area contributed by atoms with Crippen LogP contribution in [0.15, 0.2) is 47.9 Å². The molecule has 1 aromatic heterocycles. The zero-order valence-electron chi connectivity index (χ0n) is 12.1. The van der Waals surface area contributed by atoms with E-state index in [-0.39, 0.29) is 0 Å². The number of benzene rings is 2. The number of ether oxygens (including phenoxy) is 1. The van der Waals surface area contributed by atoms with E-state index in [4.69, 9.17) is 4.74 Å². The van der Waals surface area contributed by atoms with E-state index < -0.39 is 0 Å². The summed E-state index contributed by atoms with van der Waals surface area (Å²) in [4.78, 5) is 0. The Morgan fingerprint density at radius 1 is 1.10 bits per heavy atom. The number of hydrogen-bond donors (Lipinski definition) is 0. The van der Waals surface area contributed by atoms with Gasteiger partial charge in [0.15, 0.2) is 0 Å². The molecule has 1 aliphatic rings. The van der Waals surface area contributed by atoms with E-state index in [0.29, 0.717) is 6.61 Å². The minimum absolute atomic E-state index is 0.647. The summed E-state index contributed by atoms with van der Waals surface area (Å²) in [5.74, 6) is 1.05. The van der Waals surface area contributed by atoms with E-state index in [0.717, 1.165) is 5.75 Å². The summed E-state index contributed by atoms with van der Waals surface area (Å²) < 4.78 is 7.30. The fraction of sp³-hybridized carbons (Fsp3) is 0.158. The van der Waals surface area contributed by atoms with Crippen molar-refractivity contribution in [3.63, 3.8) is 0 Å². The van der Waals surface area contributed by atoms with Crippen LogP contribution in [0.5, 0.6) is 5.75 Å². The maximum atomic E-state index is 5.95. The summed E-state index contributed by atoms with van der Waals surface area (Å²) in [7, 11) is 0. The number of rotatable bonds is 1. The van der Waals surface area contributed by atoms with Gasteiger partial charge in [-0.1, -0.05) is 30.3 Å². The van der Waals surface area contributed by atoms with Crippen LogP contribution in [0.4, 0.5) is 0 Å². The lowest BCUT2D eigenvalue weighted by Crippen LogP contribution is -2.07. The van der Waals surface area contributed by atoms with Gasteiger partial charge in [-0.3, -0.25) is 0 Å². The fourth-order valence-corrected chi connectivity index (χ4v) is 4.07. The average molecular weight is 292 g/mol. The van der Waals surface area contributed by atoms with Crippen molar-refractivity contribution in [3.8, 4) is 5.75 Å². The molecule has 4 rings (SSSR count). The van der Waals surface area contributed by atoms with E-state index in [9.17, 15) is 0 Å². The van der Waals surface area contributed by atoms with Crippen molar-refractivity contribution < 1.29 is 4.74 Å². The minimum Gasteiger partial charge on any atom is -0.489 e. The molecule has 0 N–H and O–H groups in total. The van der Waals surface area contributed by atoms with Crippen LogP contribution >= 0.6 is 11.3 Å². The van der Waals surface area contributed by atoms with Crippen molar-refractivity contribution >= 4 is 27.0 Å². The van der Waals surface area contributed by atoms with Crippen molar-refractivity contribution in [2.24, 2.45) is 0 Å². The lowest BCUT2D eigenvalue weighted by Gasteiger charge is -2.21. The van der Waals surface area contributed by atoms with Crippen molar-refractivity contribution in [2.75, 3.05) is 6.61 Å². The monoisotopic (exact) mass is 292 g/mol. The highest BCUT2D eigenvalue weighted by atomic mass is 32.1. The van der Waals surface area contributed by atoms with E-state index in [1.807, 2.05) is 11.3 Å². The molecule has 0 spiro atoms. The second-order valence-electron chi connectivity index (χ2n) is 5.47. The summed E-state index contributed by atoms with van der Waals surface area (Å²) in [6, 6.07) is 12.9. The molecule has 0 radical (unpaired) electrons. The molecule has 0 saturated heterocycles. The Morgan fingerprint density at radius 3 is 2.71 bits per heavy atom. The topological polar surface area (TPSA) is 9.23 Å². The smallest absolute Gasteiger partial charge is 0.131 e. The molecule has 3 aromatic rings. The first kappa shape index (κ1) is 12.7. The van der Waals surface area contributed by atoms with Gasteiger partial charge in [-0.05, 0) is 53.5 Å². The van der Waals surface area contributed by atoms with Gasteiger partial charge < -0.3 is 4.74 Å². The predicted octanol–water partition coefficient (Wildman–Crippen LogP) is 5.34. The highest BCUT2D eigenvalue weighted by molar-refractivity contribution is 7.17. The Bertz CT molecular complexity index is 856. The Labute approximate surface area is 128 Å². The Hall–Kier alpha value is -2.06. The molecular weight excluding hydrogens is 276 g/mol. The predicted molar refractivity (Wildman–Crippen MR) is 90.3 cm³/mol. The molecule has 21 heavy (non-hydrogen) atoms. The van der Waals surface area contributed by atoms with Gasteiger partial charge in [0.1, 0.15) is 12.4 Å². The lowest BCUT2D eigenvalue weighted by atomic mass is 9.92. The van der Waals surface area contributed by atoms with Crippen LogP contribution < -0.4 is 4.74 Å². The van der Waals surface area contributed by atoms with Crippen LogP contribution in [-0.2, 0) is 0 Å². The number of fused-ring (bicyclic) bond motifs is 2. The maximum Gasteiger partial charge on any atom is 0.131 e. The van der Waals surface area contributed by atoms with Crippen LogP contribution in [0, 0.1) is 13.8 Å². The molecule has 0 fully saturated rings. The van der Waals surface area contributed by atoms with Gasteiger partial charge >= 0.3 is 0 Å². The lowest BCUT2D eigenvalue weighted by molar-refractivity contribution is 0.355. The van der Waals surface area contributed by atoms with Crippen LogP contribution in [-0.4, -0.2) is 6.61 Å². The van der Waals surface area contributed by atoms with Crippen molar-refractivity contribution in [3.05, 3.63) is 70.1 Å².